The van der Waals surface area contributed by atoms with Crippen LogP contribution in [0, 0.1) is 23.1 Å². The third-order valence-corrected chi connectivity index (χ3v) is 5.39. The highest BCUT2D eigenvalue weighted by molar-refractivity contribution is 6.20. The predicted octanol–water partition coefficient (Wildman–Crippen LogP) is 5.83. The van der Waals surface area contributed by atoms with Crippen molar-refractivity contribution in [3.05, 3.63) is 35.6 Å². The van der Waals surface area contributed by atoms with E-state index < -0.39 is 0 Å². The van der Waals surface area contributed by atoms with Crippen molar-refractivity contribution in [2.45, 2.75) is 58.3 Å². The van der Waals surface area contributed by atoms with E-state index in [9.17, 15) is 4.39 Å². The summed E-state index contributed by atoms with van der Waals surface area (Å²) in [4.78, 5) is 0. The number of alkyl halides is 1. The summed E-state index contributed by atoms with van der Waals surface area (Å²) in [5, 5.41) is 0.0628. The number of benzene rings is 1. The van der Waals surface area contributed by atoms with Gasteiger partial charge in [-0.1, -0.05) is 39.0 Å². The van der Waals surface area contributed by atoms with Crippen LogP contribution in [0.4, 0.5) is 4.39 Å². The Morgan fingerprint density at radius 2 is 1.75 bits per heavy atom. The SMILES string of the molecule is CC(C)(C)C1CCC(C(Cl)Cc2ccccc2F)CC1. The van der Waals surface area contributed by atoms with E-state index in [1.807, 2.05) is 12.1 Å². The molecule has 0 saturated heterocycles. The molecule has 2 rings (SSSR count). The molecule has 1 atom stereocenters. The molecule has 0 aromatic heterocycles. The van der Waals surface area contributed by atoms with Gasteiger partial charge < -0.3 is 0 Å². The minimum atomic E-state index is -0.124. The standard InChI is InChI=1S/C18H26ClF/c1-18(2,3)15-10-8-13(9-11-15)16(19)12-14-6-4-5-7-17(14)20/h4-7,13,15-16H,8-12H2,1-3H3. The average molecular weight is 297 g/mol. The first kappa shape index (κ1) is 15.8. The third-order valence-electron chi connectivity index (χ3n) is 4.88. The summed E-state index contributed by atoms with van der Waals surface area (Å²) in [6.07, 6.45) is 5.54. The van der Waals surface area contributed by atoms with E-state index in [2.05, 4.69) is 20.8 Å². The van der Waals surface area contributed by atoms with Crippen molar-refractivity contribution in [3.8, 4) is 0 Å². The molecule has 2 heteroatoms. The average Bonchev–Trinajstić information content (AvgIpc) is 2.40. The van der Waals surface area contributed by atoms with Gasteiger partial charge in [0.05, 0.1) is 0 Å². The first-order valence-corrected chi connectivity index (χ1v) is 8.19. The largest absolute Gasteiger partial charge is 0.207 e. The normalized spacial score (nSPS) is 25.4. The molecule has 20 heavy (non-hydrogen) atoms. The summed E-state index contributed by atoms with van der Waals surface area (Å²) in [5.41, 5.74) is 1.16. The van der Waals surface area contributed by atoms with Crippen molar-refractivity contribution >= 4 is 11.6 Å². The summed E-state index contributed by atoms with van der Waals surface area (Å²) >= 11 is 6.56. The van der Waals surface area contributed by atoms with Gasteiger partial charge in [0.15, 0.2) is 0 Å². The third kappa shape index (κ3) is 3.97. The fraction of sp³-hybridized carbons (Fsp3) is 0.667. The highest BCUT2D eigenvalue weighted by Gasteiger charge is 2.32. The number of halogens is 2. The molecule has 0 N–H and O–H groups in total. The lowest BCUT2D eigenvalue weighted by atomic mass is 9.69. The van der Waals surface area contributed by atoms with E-state index in [-0.39, 0.29) is 11.2 Å². The Bertz CT molecular complexity index is 427. The molecule has 1 unspecified atom stereocenters. The molecule has 0 radical (unpaired) electrons. The van der Waals surface area contributed by atoms with Gasteiger partial charge in [-0.3, -0.25) is 0 Å². The van der Waals surface area contributed by atoms with Gasteiger partial charge in [-0.15, -0.1) is 11.6 Å². The lowest BCUT2D eigenvalue weighted by Gasteiger charge is -2.38. The van der Waals surface area contributed by atoms with Crippen LogP contribution in [0.15, 0.2) is 24.3 Å². The Balaban J connectivity index is 1.89. The van der Waals surface area contributed by atoms with Gasteiger partial charge in [0.1, 0.15) is 5.82 Å². The van der Waals surface area contributed by atoms with Gasteiger partial charge in [-0.05, 0) is 61.0 Å². The zero-order valence-electron chi connectivity index (χ0n) is 12.8. The van der Waals surface area contributed by atoms with E-state index in [1.165, 1.54) is 31.7 Å². The molecule has 0 heterocycles. The smallest absolute Gasteiger partial charge is 0.126 e. The van der Waals surface area contributed by atoms with Crippen molar-refractivity contribution in [1.29, 1.82) is 0 Å². The molecule has 0 nitrogen and oxygen atoms in total. The number of hydrogen-bond acceptors (Lipinski definition) is 0. The lowest BCUT2D eigenvalue weighted by molar-refractivity contribution is 0.148. The van der Waals surface area contributed by atoms with Crippen LogP contribution in [-0.4, -0.2) is 5.38 Å². The molecule has 112 valence electrons. The minimum absolute atomic E-state index is 0.0628. The Morgan fingerprint density at radius 3 is 2.30 bits per heavy atom. The molecule has 1 saturated carbocycles. The Hall–Kier alpha value is -0.560. The fourth-order valence-corrected chi connectivity index (χ4v) is 3.81. The molecule has 0 bridgehead atoms. The second-order valence-electron chi connectivity index (χ2n) is 7.29. The topological polar surface area (TPSA) is 0 Å². The van der Waals surface area contributed by atoms with Gasteiger partial charge >= 0.3 is 0 Å². The molecule has 1 aromatic rings. The van der Waals surface area contributed by atoms with Crippen LogP contribution < -0.4 is 0 Å². The minimum Gasteiger partial charge on any atom is -0.207 e. The van der Waals surface area contributed by atoms with Crippen LogP contribution in [0.3, 0.4) is 0 Å². The number of hydrogen-bond donors (Lipinski definition) is 0. The molecular formula is C18H26ClF. The van der Waals surface area contributed by atoms with E-state index >= 15 is 0 Å². The molecule has 1 aromatic carbocycles. The van der Waals surface area contributed by atoms with Gasteiger partial charge in [0.25, 0.3) is 0 Å². The maximum Gasteiger partial charge on any atom is 0.126 e. The second kappa shape index (κ2) is 6.47. The zero-order valence-corrected chi connectivity index (χ0v) is 13.6. The van der Waals surface area contributed by atoms with Gasteiger partial charge in [0.2, 0.25) is 0 Å². The predicted molar refractivity (Wildman–Crippen MR) is 84.6 cm³/mol. The molecule has 0 spiro atoms. The monoisotopic (exact) mass is 296 g/mol. The van der Waals surface area contributed by atoms with E-state index in [4.69, 9.17) is 11.6 Å². The molecule has 1 fully saturated rings. The Labute approximate surface area is 127 Å². The summed E-state index contributed by atoms with van der Waals surface area (Å²) in [6.45, 7) is 6.99. The van der Waals surface area contributed by atoms with Crippen molar-refractivity contribution in [3.63, 3.8) is 0 Å². The van der Waals surface area contributed by atoms with Crippen molar-refractivity contribution in [2.75, 3.05) is 0 Å². The zero-order chi connectivity index (χ0) is 14.8. The second-order valence-corrected chi connectivity index (χ2v) is 7.85. The van der Waals surface area contributed by atoms with E-state index in [1.54, 1.807) is 6.07 Å². The quantitative estimate of drug-likeness (QED) is 0.616. The van der Waals surface area contributed by atoms with Crippen LogP contribution >= 0.6 is 11.6 Å². The summed E-state index contributed by atoms with van der Waals surface area (Å²) < 4.78 is 13.7. The lowest BCUT2D eigenvalue weighted by Crippen LogP contribution is -2.29. The van der Waals surface area contributed by atoms with Gasteiger partial charge in [-0.25, -0.2) is 4.39 Å². The highest BCUT2D eigenvalue weighted by atomic mass is 35.5. The van der Waals surface area contributed by atoms with Crippen LogP contribution in [0.1, 0.15) is 52.0 Å². The molecule has 0 aliphatic heterocycles. The highest BCUT2D eigenvalue weighted by Crippen LogP contribution is 2.42. The van der Waals surface area contributed by atoms with E-state index in [0.29, 0.717) is 17.8 Å². The molecular weight excluding hydrogens is 271 g/mol. The molecule has 0 amide bonds. The fourth-order valence-electron chi connectivity index (χ4n) is 3.39. The molecule has 1 aliphatic carbocycles. The summed E-state index contributed by atoms with van der Waals surface area (Å²) in [7, 11) is 0. The van der Waals surface area contributed by atoms with Crippen LogP contribution in [0.25, 0.3) is 0 Å². The van der Waals surface area contributed by atoms with Crippen molar-refractivity contribution < 1.29 is 4.39 Å². The van der Waals surface area contributed by atoms with Crippen LogP contribution in [-0.2, 0) is 6.42 Å². The van der Waals surface area contributed by atoms with Crippen LogP contribution in [0.2, 0.25) is 0 Å². The Morgan fingerprint density at radius 1 is 1.15 bits per heavy atom. The molecule has 1 aliphatic rings. The van der Waals surface area contributed by atoms with Crippen molar-refractivity contribution in [2.24, 2.45) is 17.3 Å². The van der Waals surface area contributed by atoms with Gasteiger partial charge in [-0.2, -0.15) is 0 Å². The first-order chi connectivity index (χ1) is 9.38. The van der Waals surface area contributed by atoms with Crippen molar-refractivity contribution in [1.82, 2.24) is 0 Å². The first-order valence-electron chi connectivity index (χ1n) is 7.75. The maximum absolute atomic E-state index is 13.7. The maximum atomic E-state index is 13.7. The Kier molecular flexibility index (Phi) is 5.12. The van der Waals surface area contributed by atoms with E-state index in [0.717, 1.165) is 11.5 Å². The number of rotatable bonds is 3. The summed E-state index contributed by atoms with van der Waals surface area (Å²) in [5.74, 6) is 1.22. The summed E-state index contributed by atoms with van der Waals surface area (Å²) in [6, 6.07) is 7.00. The van der Waals surface area contributed by atoms with Crippen LogP contribution in [0.5, 0.6) is 0 Å². The van der Waals surface area contributed by atoms with Gasteiger partial charge in [0, 0.05) is 5.38 Å².